The van der Waals surface area contributed by atoms with Crippen LogP contribution in [-0.2, 0) is 14.3 Å². The molecule has 0 aromatic rings. The van der Waals surface area contributed by atoms with Crippen molar-refractivity contribution in [3.05, 3.63) is 11.6 Å². The second kappa shape index (κ2) is 9.09. The van der Waals surface area contributed by atoms with Crippen LogP contribution >= 0.6 is 0 Å². The third-order valence-electron chi connectivity index (χ3n) is 3.76. The Labute approximate surface area is 146 Å². The molecule has 1 rings (SSSR count). The number of amides is 1. The summed E-state index contributed by atoms with van der Waals surface area (Å²) in [6.07, 6.45) is 4.88. The van der Waals surface area contributed by atoms with Gasteiger partial charge in [0.1, 0.15) is 5.60 Å². The molecule has 0 N–H and O–H groups in total. The summed E-state index contributed by atoms with van der Waals surface area (Å²) in [6, 6.07) is -0.0830. The van der Waals surface area contributed by atoms with Crippen molar-refractivity contribution >= 4 is 12.1 Å². The highest BCUT2D eigenvalue weighted by Crippen LogP contribution is 2.28. The van der Waals surface area contributed by atoms with Crippen molar-refractivity contribution in [1.82, 2.24) is 4.90 Å². The van der Waals surface area contributed by atoms with Crippen molar-refractivity contribution in [2.24, 2.45) is 5.92 Å². The van der Waals surface area contributed by atoms with Crippen LogP contribution in [0.15, 0.2) is 11.6 Å². The van der Waals surface area contributed by atoms with Gasteiger partial charge in [-0.15, -0.1) is 0 Å². The minimum absolute atomic E-state index is 0.0830. The molecule has 0 aromatic carbocycles. The predicted molar refractivity (Wildman–Crippen MR) is 94.8 cm³/mol. The van der Waals surface area contributed by atoms with Crippen LogP contribution in [0.5, 0.6) is 0 Å². The van der Waals surface area contributed by atoms with E-state index < -0.39 is 5.60 Å². The van der Waals surface area contributed by atoms with E-state index in [4.69, 9.17) is 9.47 Å². The van der Waals surface area contributed by atoms with Crippen molar-refractivity contribution in [2.45, 2.75) is 78.9 Å². The molecule has 1 saturated heterocycles. The Morgan fingerprint density at radius 1 is 1.25 bits per heavy atom. The fourth-order valence-electron chi connectivity index (χ4n) is 2.95. The largest absolute Gasteiger partial charge is 0.466 e. The van der Waals surface area contributed by atoms with Gasteiger partial charge in [-0.1, -0.05) is 19.9 Å². The van der Waals surface area contributed by atoms with E-state index in [0.717, 1.165) is 24.8 Å². The number of hydrogen-bond acceptors (Lipinski definition) is 4. The summed E-state index contributed by atoms with van der Waals surface area (Å²) < 4.78 is 10.7. The molecule has 1 aliphatic rings. The third kappa shape index (κ3) is 6.93. The summed E-state index contributed by atoms with van der Waals surface area (Å²) in [4.78, 5) is 26.4. The highest BCUT2D eigenvalue weighted by Gasteiger charge is 2.33. The molecular weight excluding hydrogens is 306 g/mol. The topological polar surface area (TPSA) is 55.8 Å². The molecule has 0 spiro atoms. The summed E-state index contributed by atoms with van der Waals surface area (Å²) in [5.41, 5.74) is 0.441. The first-order chi connectivity index (χ1) is 11.1. The molecule has 5 nitrogen and oxygen atoms in total. The van der Waals surface area contributed by atoms with E-state index in [2.05, 4.69) is 19.9 Å². The molecule has 0 bridgehead atoms. The molecule has 1 heterocycles. The number of allylic oxidation sites excluding steroid dienone is 1. The van der Waals surface area contributed by atoms with E-state index in [-0.39, 0.29) is 24.5 Å². The first kappa shape index (κ1) is 20.5. The standard InChI is InChI=1S/C19H33NO4/c1-7-23-17(21)13-15(12-14(2)3)16-10-8-9-11-20(16)18(22)24-19(4,5)6/h12,14,16H,7-11,13H2,1-6H3/b15-12-. The summed E-state index contributed by atoms with van der Waals surface area (Å²) >= 11 is 0. The van der Waals surface area contributed by atoms with Crippen LogP contribution in [0, 0.1) is 5.92 Å². The van der Waals surface area contributed by atoms with Crippen LogP contribution in [0.3, 0.4) is 0 Å². The van der Waals surface area contributed by atoms with E-state index in [1.54, 1.807) is 11.8 Å². The maximum absolute atomic E-state index is 12.6. The van der Waals surface area contributed by atoms with Crippen LogP contribution in [0.2, 0.25) is 0 Å². The number of esters is 1. The lowest BCUT2D eigenvalue weighted by Gasteiger charge is -2.38. The van der Waals surface area contributed by atoms with E-state index in [1.807, 2.05) is 20.8 Å². The van der Waals surface area contributed by atoms with Gasteiger partial charge in [-0.3, -0.25) is 4.79 Å². The normalized spacial score (nSPS) is 19.4. The number of carbonyl (C=O) groups is 2. The number of carbonyl (C=O) groups excluding carboxylic acids is 2. The van der Waals surface area contributed by atoms with Gasteiger partial charge in [0.05, 0.1) is 19.1 Å². The Hall–Kier alpha value is -1.52. The zero-order valence-corrected chi connectivity index (χ0v) is 16.1. The Morgan fingerprint density at radius 3 is 2.46 bits per heavy atom. The van der Waals surface area contributed by atoms with Gasteiger partial charge in [-0.2, -0.15) is 0 Å². The van der Waals surface area contributed by atoms with Crippen LogP contribution in [0.25, 0.3) is 0 Å². The summed E-state index contributed by atoms with van der Waals surface area (Å²) in [5, 5.41) is 0. The molecule has 1 unspecified atom stereocenters. The van der Waals surface area contributed by atoms with Gasteiger partial charge in [-0.05, 0) is 58.4 Å². The third-order valence-corrected chi connectivity index (χ3v) is 3.76. The second-order valence-electron chi connectivity index (χ2n) is 7.65. The number of hydrogen-bond donors (Lipinski definition) is 0. The van der Waals surface area contributed by atoms with Gasteiger partial charge in [0, 0.05) is 6.54 Å². The quantitative estimate of drug-likeness (QED) is 0.553. The van der Waals surface area contributed by atoms with Crippen LogP contribution in [0.1, 0.15) is 67.2 Å². The van der Waals surface area contributed by atoms with Gasteiger partial charge in [0.15, 0.2) is 0 Å². The Balaban J connectivity index is 2.99. The van der Waals surface area contributed by atoms with Gasteiger partial charge in [0.2, 0.25) is 0 Å². The molecule has 5 heteroatoms. The molecule has 0 radical (unpaired) electrons. The Morgan fingerprint density at radius 2 is 1.92 bits per heavy atom. The molecule has 1 atom stereocenters. The fraction of sp³-hybridized carbons (Fsp3) is 0.789. The minimum atomic E-state index is -0.526. The Bertz CT molecular complexity index is 462. The lowest BCUT2D eigenvalue weighted by atomic mass is 9.91. The van der Waals surface area contributed by atoms with Gasteiger partial charge in [-0.25, -0.2) is 4.79 Å². The van der Waals surface area contributed by atoms with Gasteiger partial charge < -0.3 is 14.4 Å². The summed E-state index contributed by atoms with van der Waals surface area (Å²) in [6.45, 7) is 12.6. The average Bonchev–Trinajstić information content (AvgIpc) is 2.44. The first-order valence-electron chi connectivity index (χ1n) is 9.00. The van der Waals surface area contributed by atoms with Gasteiger partial charge >= 0.3 is 12.1 Å². The number of likely N-dealkylation sites (tertiary alicyclic amines) is 1. The number of piperidine rings is 1. The monoisotopic (exact) mass is 339 g/mol. The Kier molecular flexibility index (Phi) is 7.77. The maximum Gasteiger partial charge on any atom is 0.410 e. The van der Waals surface area contributed by atoms with Crippen LogP contribution in [0.4, 0.5) is 4.79 Å². The summed E-state index contributed by atoms with van der Waals surface area (Å²) in [7, 11) is 0. The van der Waals surface area contributed by atoms with E-state index in [0.29, 0.717) is 19.1 Å². The highest BCUT2D eigenvalue weighted by molar-refractivity contribution is 5.74. The van der Waals surface area contributed by atoms with Crippen molar-refractivity contribution in [3.63, 3.8) is 0 Å². The molecular formula is C19H33NO4. The highest BCUT2D eigenvalue weighted by atomic mass is 16.6. The smallest absolute Gasteiger partial charge is 0.410 e. The fourth-order valence-corrected chi connectivity index (χ4v) is 2.95. The van der Waals surface area contributed by atoms with Crippen LogP contribution < -0.4 is 0 Å². The molecule has 1 amide bonds. The van der Waals surface area contributed by atoms with Crippen molar-refractivity contribution in [1.29, 1.82) is 0 Å². The van der Waals surface area contributed by atoms with Crippen molar-refractivity contribution < 1.29 is 19.1 Å². The molecule has 0 aliphatic carbocycles. The van der Waals surface area contributed by atoms with E-state index in [9.17, 15) is 9.59 Å². The first-order valence-corrected chi connectivity index (χ1v) is 9.00. The molecule has 1 fully saturated rings. The lowest BCUT2D eigenvalue weighted by Crippen LogP contribution is -2.47. The predicted octanol–water partition coefficient (Wildman–Crippen LogP) is 4.31. The average molecular weight is 339 g/mol. The molecule has 0 saturated carbocycles. The molecule has 1 aliphatic heterocycles. The van der Waals surface area contributed by atoms with E-state index in [1.165, 1.54) is 0 Å². The number of rotatable bonds is 5. The zero-order chi connectivity index (χ0) is 18.3. The number of nitrogens with zero attached hydrogens (tertiary/aromatic N) is 1. The summed E-state index contributed by atoms with van der Waals surface area (Å²) in [5.74, 6) is 0.0657. The lowest BCUT2D eigenvalue weighted by molar-refractivity contribution is -0.142. The van der Waals surface area contributed by atoms with Crippen molar-refractivity contribution in [3.8, 4) is 0 Å². The van der Waals surface area contributed by atoms with Gasteiger partial charge in [0.25, 0.3) is 0 Å². The minimum Gasteiger partial charge on any atom is -0.466 e. The zero-order valence-electron chi connectivity index (χ0n) is 16.1. The van der Waals surface area contributed by atoms with E-state index >= 15 is 0 Å². The number of ether oxygens (including phenoxy) is 2. The molecule has 138 valence electrons. The van der Waals surface area contributed by atoms with Crippen molar-refractivity contribution in [2.75, 3.05) is 13.2 Å². The SMILES string of the molecule is CCOC(=O)C/C(=C/C(C)C)C1CCCCN1C(=O)OC(C)(C)C. The van der Waals surface area contributed by atoms with Crippen LogP contribution in [-0.4, -0.2) is 41.8 Å². The maximum atomic E-state index is 12.6. The molecule has 24 heavy (non-hydrogen) atoms. The molecule has 0 aromatic heterocycles. The second-order valence-corrected chi connectivity index (χ2v) is 7.65.